The van der Waals surface area contributed by atoms with E-state index in [1.165, 1.54) is 0 Å². The number of ether oxygens (including phenoxy) is 1. The highest BCUT2D eigenvalue weighted by Gasteiger charge is 2.20. The SMILES string of the molecule is Cc1nn(C2CCCCO2)c2cc(/C=C(\F)C(=O)O)ccc12. The van der Waals surface area contributed by atoms with Crippen LogP contribution in [0.25, 0.3) is 17.0 Å². The van der Waals surface area contributed by atoms with Gasteiger partial charge in [0.1, 0.15) is 0 Å². The van der Waals surface area contributed by atoms with Crippen LogP contribution in [0, 0.1) is 6.92 Å². The molecule has 1 fully saturated rings. The van der Waals surface area contributed by atoms with Crippen LogP contribution in [-0.4, -0.2) is 27.5 Å². The van der Waals surface area contributed by atoms with E-state index in [0.717, 1.165) is 41.9 Å². The maximum absolute atomic E-state index is 13.3. The molecule has 0 bridgehead atoms. The van der Waals surface area contributed by atoms with Crippen molar-refractivity contribution in [3.8, 4) is 0 Å². The van der Waals surface area contributed by atoms with E-state index >= 15 is 0 Å². The van der Waals surface area contributed by atoms with Gasteiger partial charge in [-0.15, -0.1) is 0 Å². The van der Waals surface area contributed by atoms with Gasteiger partial charge in [-0.2, -0.15) is 9.49 Å². The standard InChI is InChI=1S/C16H17FN2O3/c1-10-12-6-5-11(8-13(17)16(20)21)9-14(12)19(18-10)15-4-2-3-7-22-15/h5-6,8-9,15H,2-4,7H2,1H3,(H,20,21)/b13-8-. The number of carbonyl (C=O) groups is 1. The fraction of sp³-hybridized carbons (Fsp3) is 0.375. The number of fused-ring (bicyclic) bond motifs is 1. The lowest BCUT2D eigenvalue weighted by Gasteiger charge is -2.23. The molecular weight excluding hydrogens is 287 g/mol. The van der Waals surface area contributed by atoms with E-state index < -0.39 is 11.8 Å². The lowest BCUT2D eigenvalue weighted by molar-refractivity contribution is -0.134. The van der Waals surface area contributed by atoms with Gasteiger partial charge in [0, 0.05) is 12.0 Å². The average molecular weight is 304 g/mol. The van der Waals surface area contributed by atoms with Gasteiger partial charge in [0.05, 0.1) is 11.2 Å². The van der Waals surface area contributed by atoms with Gasteiger partial charge in [-0.05, 0) is 43.9 Å². The normalized spacial score (nSPS) is 19.5. The zero-order valence-corrected chi connectivity index (χ0v) is 12.3. The van der Waals surface area contributed by atoms with E-state index in [1.54, 1.807) is 12.1 Å². The molecule has 2 heterocycles. The highest BCUT2D eigenvalue weighted by atomic mass is 19.1. The molecule has 2 aromatic rings. The molecule has 0 saturated carbocycles. The van der Waals surface area contributed by atoms with Crippen molar-refractivity contribution >= 4 is 22.9 Å². The molecule has 0 amide bonds. The highest BCUT2D eigenvalue weighted by molar-refractivity contribution is 5.91. The topological polar surface area (TPSA) is 64.4 Å². The number of hydrogen-bond donors (Lipinski definition) is 1. The Balaban J connectivity index is 2.05. The third-order valence-corrected chi connectivity index (χ3v) is 3.84. The van der Waals surface area contributed by atoms with Crippen molar-refractivity contribution in [2.75, 3.05) is 6.61 Å². The Kier molecular flexibility index (Phi) is 3.94. The molecule has 1 aliphatic rings. The van der Waals surface area contributed by atoms with Gasteiger partial charge in [-0.3, -0.25) is 0 Å². The van der Waals surface area contributed by atoms with Gasteiger partial charge in [0.25, 0.3) is 0 Å². The van der Waals surface area contributed by atoms with Crippen molar-refractivity contribution in [2.24, 2.45) is 0 Å². The number of hydrogen-bond acceptors (Lipinski definition) is 3. The Morgan fingerprint density at radius 1 is 1.50 bits per heavy atom. The summed E-state index contributed by atoms with van der Waals surface area (Å²) in [6.07, 6.45) is 3.91. The average Bonchev–Trinajstić information content (AvgIpc) is 2.85. The van der Waals surface area contributed by atoms with Crippen LogP contribution < -0.4 is 0 Å². The summed E-state index contributed by atoms with van der Waals surface area (Å²) in [5.41, 5.74) is 2.19. The third kappa shape index (κ3) is 2.74. The first kappa shape index (κ1) is 14.7. The number of halogens is 1. The van der Waals surface area contributed by atoms with E-state index in [1.807, 2.05) is 17.7 Å². The van der Waals surface area contributed by atoms with Crippen LogP contribution in [0.1, 0.15) is 36.7 Å². The van der Waals surface area contributed by atoms with Gasteiger partial charge in [-0.25, -0.2) is 9.48 Å². The molecule has 0 aliphatic carbocycles. The van der Waals surface area contributed by atoms with Gasteiger partial charge in [-0.1, -0.05) is 12.1 Å². The maximum Gasteiger partial charge on any atom is 0.364 e. The Morgan fingerprint density at radius 3 is 3.00 bits per heavy atom. The second-order valence-electron chi connectivity index (χ2n) is 5.43. The number of benzene rings is 1. The van der Waals surface area contributed by atoms with Crippen molar-refractivity contribution in [2.45, 2.75) is 32.4 Å². The van der Waals surface area contributed by atoms with Crippen LogP contribution >= 0.6 is 0 Å². The monoisotopic (exact) mass is 304 g/mol. The van der Waals surface area contributed by atoms with Gasteiger partial charge in [0.2, 0.25) is 5.83 Å². The molecule has 1 atom stereocenters. The van der Waals surface area contributed by atoms with Crippen LogP contribution in [0.2, 0.25) is 0 Å². The Labute approximate surface area is 127 Å². The molecule has 1 saturated heterocycles. The van der Waals surface area contributed by atoms with Crippen LogP contribution in [0.3, 0.4) is 0 Å². The quantitative estimate of drug-likeness (QED) is 0.882. The summed E-state index contributed by atoms with van der Waals surface area (Å²) in [5, 5.41) is 14.1. The summed E-state index contributed by atoms with van der Waals surface area (Å²) in [7, 11) is 0. The molecule has 6 heteroatoms. The molecule has 1 aromatic heterocycles. The second kappa shape index (κ2) is 5.88. The van der Waals surface area contributed by atoms with Crippen molar-refractivity contribution in [1.82, 2.24) is 9.78 Å². The van der Waals surface area contributed by atoms with E-state index in [2.05, 4.69) is 5.10 Å². The summed E-state index contributed by atoms with van der Waals surface area (Å²) in [5.74, 6) is -2.75. The summed E-state index contributed by atoms with van der Waals surface area (Å²) in [6, 6.07) is 5.26. The van der Waals surface area contributed by atoms with Gasteiger partial charge < -0.3 is 9.84 Å². The minimum absolute atomic E-state index is 0.117. The molecule has 5 nitrogen and oxygen atoms in total. The summed E-state index contributed by atoms with van der Waals surface area (Å²) in [6.45, 7) is 2.62. The molecule has 0 radical (unpaired) electrons. The van der Waals surface area contributed by atoms with Crippen LogP contribution in [0.15, 0.2) is 24.0 Å². The molecule has 3 rings (SSSR count). The smallest absolute Gasteiger partial charge is 0.364 e. The highest BCUT2D eigenvalue weighted by Crippen LogP contribution is 2.29. The predicted octanol–water partition coefficient (Wildman–Crippen LogP) is 3.44. The molecule has 1 aliphatic heterocycles. The minimum Gasteiger partial charge on any atom is -0.476 e. The first-order chi connectivity index (χ1) is 10.6. The largest absolute Gasteiger partial charge is 0.476 e. The Bertz CT molecular complexity index is 745. The van der Waals surface area contributed by atoms with Crippen LogP contribution in [-0.2, 0) is 9.53 Å². The van der Waals surface area contributed by atoms with Gasteiger partial charge in [0.15, 0.2) is 6.23 Å². The van der Waals surface area contributed by atoms with E-state index in [-0.39, 0.29) is 6.23 Å². The fourth-order valence-electron chi connectivity index (χ4n) is 2.75. The second-order valence-corrected chi connectivity index (χ2v) is 5.43. The first-order valence-corrected chi connectivity index (χ1v) is 7.27. The third-order valence-electron chi connectivity index (χ3n) is 3.84. The Hall–Kier alpha value is -2.21. The molecular formula is C16H17FN2O3. The number of aliphatic carboxylic acids is 1. The lowest BCUT2D eigenvalue weighted by atomic mass is 10.1. The number of carboxylic acids is 1. The summed E-state index contributed by atoms with van der Waals surface area (Å²) >= 11 is 0. The predicted molar refractivity (Wildman–Crippen MR) is 80.0 cm³/mol. The van der Waals surface area contributed by atoms with Gasteiger partial charge >= 0.3 is 5.97 Å². The molecule has 0 spiro atoms. The number of rotatable bonds is 3. The molecule has 116 valence electrons. The molecule has 1 unspecified atom stereocenters. The van der Waals surface area contributed by atoms with E-state index in [0.29, 0.717) is 12.2 Å². The first-order valence-electron chi connectivity index (χ1n) is 7.27. The van der Waals surface area contributed by atoms with Crippen LogP contribution in [0.4, 0.5) is 4.39 Å². The molecule has 22 heavy (non-hydrogen) atoms. The van der Waals surface area contributed by atoms with Crippen molar-refractivity contribution in [3.63, 3.8) is 0 Å². The summed E-state index contributed by atoms with van der Waals surface area (Å²) < 4.78 is 20.9. The van der Waals surface area contributed by atoms with E-state index in [9.17, 15) is 9.18 Å². The number of nitrogens with zero attached hydrogens (tertiary/aromatic N) is 2. The van der Waals surface area contributed by atoms with Crippen molar-refractivity contribution in [3.05, 3.63) is 35.3 Å². The molecule has 1 aromatic carbocycles. The van der Waals surface area contributed by atoms with Crippen molar-refractivity contribution in [1.29, 1.82) is 0 Å². The van der Waals surface area contributed by atoms with E-state index in [4.69, 9.17) is 9.84 Å². The maximum atomic E-state index is 13.3. The number of aryl methyl sites for hydroxylation is 1. The number of aromatic nitrogens is 2. The van der Waals surface area contributed by atoms with Crippen molar-refractivity contribution < 1.29 is 19.0 Å². The summed E-state index contributed by atoms with van der Waals surface area (Å²) in [4.78, 5) is 10.6. The molecule has 1 N–H and O–H groups in total. The van der Waals surface area contributed by atoms with Crippen LogP contribution in [0.5, 0.6) is 0 Å². The lowest BCUT2D eigenvalue weighted by Crippen LogP contribution is -2.19. The Morgan fingerprint density at radius 2 is 2.32 bits per heavy atom. The minimum atomic E-state index is -1.57. The fourth-order valence-corrected chi connectivity index (χ4v) is 2.75. The number of carboxylic acid groups (broad SMARTS) is 1. The zero-order valence-electron chi connectivity index (χ0n) is 12.3. The zero-order chi connectivity index (χ0) is 15.7.